The average molecular weight is 858 g/mol. The van der Waals surface area contributed by atoms with E-state index in [1.165, 1.54) is 6.26 Å². The summed E-state index contributed by atoms with van der Waals surface area (Å²) in [6.45, 7) is 15.4. The molecular formula is C41H44IN5O4SSi. The van der Waals surface area contributed by atoms with E-state index in [1.807, 2.05) is 47.0 Å². The molecule has 2 heterocycles. The third-order valence-electron chi connectivity index (χ3n) is 9.81. The number of sulfone groups is 1. The summed E-state index contributed by atoms with van der Waals surface area (Å²) in [4.78, 5) is 25.9. The molecule has 1 amide bonds. The molecule has 1 aliphatic heterocycles. The summed E-state index contributed by atoms with van der Waals surface area (Å²) < 4.78 is 35.1. The molecule has 0 aliphatic carbocycles. The highest BCUT2D eigenvalue weighted by Crippen LogP contribution is 2.39. The summed E-state index contributed by atoms with van der Waals surface area (Å²) in [5.41, 5.74) is 3.26. The molecule has 0 unspecified atom stereocenters. The Labute approximate surface area is 327 Å². The number of amides is 1. The van der Waals surface area contributed by atoms with Crippen LogP contribution >= 0.6 is 22.6 Å². The van der Waals surface area contributed by atoms with Gasteiger partial charge >= 0.3 is 8.32 Å². The molecule has 1 aromatic heterocycles. The van der Waals surface area contributed by atoms with Gasteiger partial charge in [0.15, 0.2) is 5.69 Å². The predicted octanol–water partition coefficient (Wildman–Crippen LogP) is 6.68. The summed E-state index contributed by atoms with van der Waals surface area (Å²) in [5, 5.41) is 2.07. The number of hydrogen-bond acceptors (Lipinski definition) is 6. The molecule has 1 saturated heterocycles. The third-order valence-corrected chi connectivity index (χ3v) is 16.4. The third kappa shape index (κ3) is 8.92. The number of anilines is 1. The van der Waals surface area contributed by atoms with Crippen molar-refractivity contribution in [3.05, 3.63) is 142 Å². The number of imidazole rings is 1. The Kier molecular flexibility index (Phi) is 11.6. The largest absolute Gasteiger partial charge is 0.534 e. The van der Waals surface area contributed by atoms with Crippen LogP contribution in [0.5, 0.6) is 5.75 Å². The molecule has 5 aromatic rings. The maximum Gasteiger partial charge on any atom is 0.319 e. The van der Waals surface area contributed by atoms with Crippen LogP contribution in [0.3, 0.4) is 0 Å². The monoisotopic (exact) mass is 857 g/mol. The smallest absolute Gasteiger partial charge is 0.319 e. The fraction of sp³-hybridized carbons (Fsp3) is 0.293. The fourth-order valence-corrected chi connectivity index (χ4v) is 12.9. The van der Waals surface area contributed by atoms with Crippen LogP contribution in [0.2, 0.25) is 5.04 Å². The van der Waals surface area contributed by atoms with Gasteiger partial charge < -0.3 is 13.9 Å². The van der Waals surface area contributed by atoms with E-state index in [4.69, 9.17) is 11.0 Å². The Balaban J connectivity index is 1.31. The first-order valence-corrected chi connectivity index (χ1v) is 22.6. The molecule has 12 heteroatoms. The quantitative estimate of drug-likeness (QED) is 0.0792. The number of hydrogen-bond donors (Lipinski definition) is 0. The highest BCUT2D eigenvalue weighted by atomic mass is 127. The average Bonchev–Trinajstić information content (AvgIpc) is 3.56. The van der Waals surface area contributed by atoms with E-state index >= 15 is 0 Å². The number of carbonyl (C=O) groups excluding carboxylic acids is 1. The molecule has 53 heavy (non-hydrogen) atoms. The summed E-state index contributed by atoms with van der Waals surface area (Å²) in [5.74, 6) is 0.634. The molecule has 6 rings (SSSR count). The Morgan fingerprint density at radius 2 is 1.58 bits per heavy atom. The molecule has 1 aliphatic rings. The minimum atomic E-state index is -3.25. The molecular weight excluding hydrogens is 814 g/mol. The van der Waals surface area contributed by atoms with Gasteiger partial charge in [-0.2, -0.15) is 0 Å². The number of rotatable bonds is 12. The van der Waals surface area contributed by atoms with Crippen LogP contribution < -0.4 is 19.7 Å². The number of piperazine rings is 1. The van der Waals surface area contributed by atoms with Gasteiger partial charge in [-0.25, -0.2) is 18.2 Å². The van der Waals surface area contributed by atoms with E-state index in [0.29, 0.717) is 37.5 Å². The van der Waals surface area contributed by atoms with Crippen molar-refractivity contribution in [2.45, 2.75) is 51.4 Å². The van der Waals surface area contributed by atoms with E-state index < -0.39 is 18.2 Å². The van der Waals surface area contributed by atoms with Crippen LogP contribution in [0, 0.1) is 10.1 Å². The molecule has 0 spiro atoms. The Bertz CT molecular complexity index is 2160. The number of halogens is 1. The van der Waals surface area contributed by atoms with Crippen molar-refractivity contribution in [3.8, 4) is 5.75 Å². The molecule has 0 saturated carbocycles. The van der Waals surface area contributed by atoms with Gasteiger partial charge in [0.2, 0.25) is 5.91 Å². The van der Waals surface area contributed by atoms with Gasteiger partial charge in [-0.1, -0.05) is 106 Å². The van der Waals surface area contributed by atoms with Gasteiger partial charge in [-0.3, -0.25) is 9.69 Å². The van der Waals surface area contributed by atoms with E-state index in [1.54, 1.807) is 29.6 Å². The lowest BCUT2D eigenvalue weighted by Gasteiger charge is -2.43. The van der Waals surface area contributed by atoms with Crippen molar-refractivity contribution in [1.29, 1.82) is 0 Å². The second-order valence-corrected chi connectivity index (χ2v) is 22.4. The van der Waals surface area contributed by atoms with Crippen LogP contribution in [-0.2, 0) is 27.7 Å². The van der Waals surface area contributed by atoms with Gasteiger partial charge in [0, 0.05) is 53.5 Å². The molecule has 1 atom stereocenters. The minimum absolute atomic E-state index is 0.0113. The van der Waals surface area contributed by atoms with Crippen molar-refractivity contribution in [2.75, 3.05) is 30.0 Å². The first-order valence-electron chi connectivity index (χ1n) is 17.5. The molecule has 0 radical (unpaired) electrons. The second-order valence-electron chi connectivity index (χ2n) is 14.7. The van der Waals surface area contributed by atoms with Crippen LogP contribution in [0.25, 0.3) is 4.85 Å². The van der Waals surface area contributed by atoms with Crippen LogP contribution in [-0.4, -0.2) is 68.2 Å². The van der Waals surface area contributed by atoms with E-state index in [-0.39, 0.29) is 29.3 Å². The number of aromatic nitrogens is 2. The maximum atomic E-state index is 14.1. The summed E-state index contributed by atoms with van der Waals surface area (Å²) >= 11 is 2.29. The first kappa shape index (κ1) is 38.4. The lowest BCUT2D eigenvalue weighted by Crippen LogP contribution is -2.68. The van der Waals surface area contributed by atoms with Crippen LogP contribution in [0.1, 0.15) is 38.4 Å². The Morgan fingerprint density at radius 1 is 0.943 bits per heavy atom. The summed E-state index contributed by atoms with van der Waals surface area (Å²) in [7, 11) is -6.18. The van der Waals surface area contributed by atoms with E-state index in [0.717, 1.165) is 30.9 Å². The number of benzene rings is 4. The van der Waals surface area contributed by atoms with Crippen molar-refractivity contribution in [1.82, 2.24) is 14.5 Å². The molecule has 274 valence electrons. The SMILES string of the molecule is [C-]#[N+]c1ccc(Cn2cncc2CN2CC(=O)N(c3cc(I)cc(O[Si](c4ccccc4)(c4ccccc4)C(C)(C)C)c3)C[C@@H]2CCS(C)(=O)=O)cc1. The first-order chi connectivity index (χ1) is 25.3. The predicted molar refractivity (Wildman–Crippen MR) is 222 cm³/mol. The lowest BCUT2D eigenvalue weighted by atomic mass is 10.1. The topological polar surface area (TPSA) is 89.1 Å². The normalized spacial score (nSPS) is 15.7. The fourth-order valence-electron chi connectivity index (χ4n) is 7.17. The van der Waals surface area contributed by atoms with Crippen LogP contribution in [0.4, 0.5) is 11.4 Å². The molecule has 9 nitrogen and oxygen atoms in total. The highest BCUT2D eigenvalue weighted by molar-refractivity contribution is 14.1. The number of carbonyl (C=O) groups is 1. The van der Waals surface area contributed by atoms with Gasteiger partial charge in [0.1, 0.15) is 15.6 Å². The van der Waals surface area contributed by atoms with Gasteiger partial charge in [0.05, 0.1) is 30.9 Å². The summed E-state index contributed by atoms with van der Waals surface area (Å²) in [6, 6.07) is 34.2. The molecule has 0 bridgehead atoms. The van der Waals surface area contributed by atoms with Crippen molar-refractivity contribution in [3.63, 3.8) is 0 Å². The van der Waals surface area contributed by atoms with Gasteiger partial charge in [0.25, 0.3) is 0 Å². The zero-order chi connectivity index (χ0) is 37.8. The van der Waals surface area contributed by atoms with E-state index in [2.05, 4.69) is 107 Å². The lowest BCUT2D eigenvalue weighted by molar-refractivity contribution is -0.122. The molecule has 1 fully saturated rings. The summed E-state index contributed by atoms with van der Waals surface area (Å²) in [6.07, 6.45) is 5.20. The van der Waals surface area contributed by atoms with Crippen molar-refractivity contribution in [2.24, 2.45) is 0 Å². The molecule has 4 aromatic carbocycles. The second kappa shape index (κ2) is 16.0. The number of nitrogens with zero attached hydrogens (tertiary/aromatic N) is 5. The standard InChI is InChI=1S/C41H44IN5O4SSi/c1-41(2,3)53(38-12-8-6-9-13-38,39-14-10-7-11-15-39)51-37-23-32(42)22-35(24-37)47-28-34(20-21-52(5,49)50)45(29-40(47)48)27-36-25-44-30-46(36)26-31-16-18-33(43-4)19-17-31/h6-19,22-25,30,34H,20-21,26-29H2,1-3,5H3/t34-/m0/s1. The van der Waals surface area contributed by atoms with Crippen molar-refractivity contribution < 1.29 is 17.6 Å². The minimum Gasteiger partial charge on any atom is -0.534 e. The van der Waals surface area contributed by atoms with Crippen LogP contribution in [0.15, 0.2) is 116 Å². The Morgan fingerprint density at radius 3 is 2.17 bits per heavy atom. The van der Waals surface area contributed by atoms with Gasteiger partial charge in [-0.15, -0.1) is 0 Å². The Hall–Kier alpha value is -4.29. The van der Waals surface area contributed by atoms with Gasteiger partial charge in [-0.05, 0) is 62.1 Å². The highest BCUT2D eigenvalue weighted by Gasteiger charge is 2.52. The zero-order valence-corrected chi connectivity index (χ0v) is 34.4. The maximum absolute atomic E-state index is 14.1. The van der Waals surface area contributed by atoms with Crippen molar-refractivity contribution >= 4 is 68.4 Å². The molecule has 0 N–H and O–H groups in total. The zero-order valence-electron chi connectivity index (χ0n) is 30.4. The van der Waals surface area contributed by atoms with E-state index in [9.17, 15) is 13.2 Å².